The number of aromatic amines is 1. The molecule has 2 saturated carbocycles. The van der Waals surface area contributed by atoms with Crippen LogP contribution in [-0.2, 0) is 14.4 Å². The summed E-state index contributed by atoms with van der Waals surface area (Å²) < 4.78 is 5.41. The number of carbonyl (C=O) groups excluding carboxylic acids is 4. The average Bonchev–Trinajstić information content (AvgIpc) is 3.32. The molecule has 9 heteroatoms. The average molecular weight is 496 g/mol. The normalized spacial score (nSPS) is 23.6. The van der Waals surface area contributed by atoms with Crippen molar-refractivity contribution in [3.05, 3.63) is 30.0 Å². The number of hydrogen-bond acceptors (Lipinski definition) is 6. The van der Waals surface area contributed by atoms with Crippen molar-refractivity contribution in [2.75, 3.05) is 20.3 Å². The van der Waals surface area contributed by atoms with E-state index in [1.54, 1.807) is 18.1 Å². The smallest absolute Gasteiger partial charge is 0.271 e. The molecule has 36 heavy (non-hydrogen) atoms. The van der Waals surface area contributed by atoms with Crippen molar-refractivity contribution in [1.82, 2.24) is 15.2 Å². The number of aliphatic hydroxyl groups excluding tert-OH is 1. The van der Waals surface area contributed by atoms with E-state index in [0.717, 1.165) is 36.6 Å². The molecule has 1 aromatic heterocycles. The van der Waals surface area contributed by atoms with Crippen molar-refractivity contribution in [3.8, 4) is 5.75 Å². The highest BCUT2D eigenvalue weighted by atomic mass is 16.5. The first-order valence-corrected chi connectivity index (χ1v) is 12.8. The van der Waals surface area contributed by atoms with Crippen molar-refractivity contribution >= 4 is 34.3 Å². The van der Waals surface area contributed by atoms with Crippen molar-refractivity contribution in [3.63, 3.8) is 0 Å². The Morgan fingerprint density at radius 1 is 1.28 bits per heavy atom. The van der Waals surface area contributed by atoms with Gasteiger partial charge in [0.15, 0.2) is 5.78 Å². The molecule has 1 spiro atoms. The van der Waals surface area contributed by atoms with E-state index in [-0.39, 0.29) is 29.4 Å². The van der Waals surface area contributed by atoms with Crippen LogP contribution in [0.5, 0.6) is 5.75 Å². The number of amides is 2. The minimum atomic E-state index is -0.945. The molecule has 0 radical (unpaired) electrons. The summed E-state index contributed by atoms with van der Waals surface area (Å²) in [4.78, 5) is 56.7. The van der Waals surface area contributed by atoms with Gasteiger partial charge in [0.1, 0.15) is 29.9 Å². The van der Waals surface area contributed by atoms with Crippen LogP contribution in [-0.4, -0.2) is 70.7 Å². The molecule has 1 aliphatic heterocycles. The number of H-pyrrole nitrogens is 1. The van der Waals surface area contributed by atoms with E-state index in [0.29, 0.717) is 37.3 Å². The third-order valence-corrected chi connectivity index (χ3v) is 8.17. The van der Waals surface area contributed by atoms with E-state index in [1.807, 2.05) is 18.2 Å². The van der Waals surface area contributed by atoms with Gasteiger partial charge >= 0.3 is 0 Å². The molecule has 1 aromatic carbocycles. The molecule has 192 valence electrons. The third kappa shape index (κ3) is 4.64. The standard InChI is InChI=1S/C27H33N3O6/c1-36-24-8-4-6-18-17(24)12-20(28-18)26(35)30-15-27(9-10-27)13-21(30)25(34)29-19(23(33)14-31)11-16-5-2-3-7-22(16)32/h4,6,8,12,16,19,21,28,31H,2-3,5,7,9-11,13-15H2,1H3,(H,29,34)/t16-,19-,21-/m0/s1. The quantitative estimate of drug-likeness (QED) is 0.516. The Hall–Kier alpha value is -3.20. The molecule has 1 saturated heterocycles. The highest BCUT2D eigenvalue weighted by Gasteiger charge is 2.55. The summed E-state index contributed by atoms with van der Waals surface area (Å²) >= 11 is 0. The Kier molecular flexibility index (Phi) is 6.59. The van der Waals surface area contributed by atoms with Gasteiger partial charge in [-0.2, -0.15) is 0 Å². The van der Waals surface area contributed by atoms with Gasteiger partial charge in [0.05, 0.1) is 13.2 Å². The molecule has 3 aliphatic rings. The number of benzene rings is 1. The van der Waals surface area contributed by atoms with Crippen LogP contribution in [0.25, 0.3) is 10.9 Å². The number of hydrogen-bond donors (Lipinski definition) is 3. The van der Waals surface area contributed by atoms with E-state index >= 15 is 0 Å². The lowest BCUT2D eigenvalue weighted by molar-refractivity contribution is -0.133. The monoisotopic (exact) mass is 495 g/mol. The number of nitrogens with zero attached hydrogens (tertiary/aromatic N) is 1. The van der Waals surface area contributed by atoms with Crippen LogP contribution < -0.4 is 10.1 Å². The maximum atomic E-state index is 13.6. The number of likely N-dealkylation sites (tertiary alicyclic amines) is 1. The van der Waals surface area contributed by atoms with Gasteiger partial charge in [-0.1, -0.05) is 12.5 Å². The first-order valence-electron chi connectivity index (χ1n) is 12.8. The first kappa shape index (κ1) is 24.5. The molecule has 3 atom stereocenters. The molecule has 3 N–H and O–H groups in total. The molecule has 9 nitrogen and oxygen atoms in total. The van der Waals surface area contributed by atoms with E-state index < -0.39 is 30.4 Å². The zero-order valence-corrected chi connectivity index (χ0v) is 20.5. The van der Waals surface area contributed by atoms with E-state index in [9.17, 15) is 24.3 Å². The fraction of sp³-hybridized carbons (Fsp3) is 0.556. The van der Waals surface area contributed by atoms with E-state index in [4.69, 9.17) is 4.74 Å². The van der Waals surface area contributed by atoms with E-state index in [2.05, 4.69) is 10.3 Å². The number of nitrogens with one attached hydrogen (secondary N) is 2. The molecule has 2 aromatic rings. The summed E-state index contributed by atoms with van der Waals surface area (Å²) in [5, 5.41) is 13.1. The van der Waals surface area contributed by atoms with E-state index in [1.165, 1.54) is 0 Å². The SMILES string of the molecule is COc1cccc2[nH]c(C(=O)N3CC4(CC4)C[C@H]3C(=O)N[C@@H](C[C@@H]3CCCCC3=O)C(=O)CO)cc12. The van der Waals surface area contributed by atoms with Crippen LogP contribution in [0, 0.1) is 11.3 Å². The zero-order chi connectivity index (χ0) is 25.4. The third-order valence-electron chi connectivity index (χ3n) is 8.17. The van der Waals surface area contributed by atoms with Gasteiger partial charge in [-0.05, 0) is 62.1 Å². The number of rotatable bonds is 8. The molecular formula is C27H33N3O6. The van der Waals surface area contributed by atoms with Gasteiger partial charge in [0, 0.05) is 29.8 Å². The summed E-state index contributed by atoms with van der Waals surface area (Å²) in [5.41, 5.74) is 1.09. The summed E-state index contributed by atoms with van der Waals surface area (Å²) in [7, 11) is 1.58. The second kappa shape index (κ2) is 9.69. The summed E-state index contributed by atoms with van der Waals surface area (Å²) in [5.74, 6) is -0.728. The zero-order valence-electron chi connectivity index (χ0n) is 20.5. The van der Waals surface area contributed by atoms with Crippen molar-refractivity contribution in [1.29, 1.82) is 0 Å². The van der Waals surface area contributed by atoms with Crippen LogP contribution >= 0.6 is 0 Å². The first-order chi connectivity index (χ1) is 17.3. The molecule has 2 heterocycles. The Morgan fingerprint density at radius 2 is 2.08 bits per heavy atom. The van der Waals surface area contributed by atoms with Gasteiger partial charge < -0.3 is 25.0 Å². The minimum absolute atomic E-state index is 0.0583. The Balaban J connectivity index is 1.36. The lowest BCUT2D eigenvalue weighted by Gasteiger charge is -2.28. The van der Waals surface area contributed by atoms with Gasteiger partial charge in [0.25, 0.3) is 5.91 Å². The number of aliphatic hydroxyl groups is 1. The molecule has 5 rings (SSSR count). The molecule has 2 amide bonds. The van der Waals surface area contributed by atoms with Crippen LogP contribution in [0.2, 0.25) is 0 Å². The highest BCUT2D eigenvalue weighted by Crippen LogP contribution is 2.55. The minimum Gasteiger partial charge on any atom is -0.496 e. The Labute approximate surface area is 209 Å². The molecular weight excluding hydrogens is 462 g/mol. The predicted octanol–water partition coefficient (Wildman–Crippen LogP) is 2.37. The fourth-order valence-corrected chi connectivity index (χ4v) is 5.86. The number of aromatic nitrogens is 1. The van der Waals surface area contributed by atoms with Gasteiger partial charge in [-0.3, -0.25) is 19.2 Å². The van der Waals surface area contributed by atoms with Gasteiger partial charge in [-0.15, -0.1) is 0 Å². The van der Waals surface area contributed by atoms with Crippen LogP contribution in [0.3, 0.4) is 0 Å². The summed E-state index contributed by atoms with van der Waals surface area (Å²) in [6.07, 6.45) is 5.57. The lowest BCUT2D eigenvalue weighted by Crippen LogP contribution is -2.52. The fourth-order valence-electron chi connectivity index (χ4n) is 5.86. The lowest BCUT2D eigenvalue weighted by atomic mass is 9.83. The van der Waals surface area contributed by atoms with Crippen molar-refractivity contribution in [2.24, 2.45) is 11.3 Å². The Morgan fingerprint density at radius 3 is 2.78 bits per heavy atom. The maximum Gasteiger partial charge on any atom is 0.271 e. The Bertz CT molecular complexity index is 1200. The molecule has 0 bridgehead atoms. The predicted molar refractivity (Wildman–Crippen MR) is 132 cm³/mol. The van der Waals surface area contributed by atoms with Gasteiger partial charge in [0.2, 0.25) is 5.91 Å². The summed E-state index contributed by atoms with van der Waals surface area (Å²) in [6, 6.07) is 5.61. The highest BCUT2D eigenvalue weighted by molar-refractivity contribution is 6.02. The van der Waals surface area contributed by atoms with Gasteiger partial charge in [-0.25, -0.2) is 0 Å². The number of fused-ring (bicyclic) bond motifs is 1. The number of Topliss-reactive ketones (excluding diaryl/α,β-unsaturated/α-hetero) is 2. The maximum absolute atomic E-state index is 13.6. The van der Waals surface area contributed by atoms with Crippen molar-refractivity contribution < 1.29 is 29.0 Å². The van der Waals surface area contributed by atoms with Crippen LogP contribution in [0.15, 0.2) is 24.3 Å². The molecule has 2 aliphatic carbocycles. The number of methoxy groups -OCH3 is 1. The molecule has 0 unspecified atom stereocenters. The number of ether oxygens (including phenoxy) is 1. The van der Waals surface area contributed by atoms with Crippen LogP contribution in [0.1, 0.15) is 61.9 Å². The topological polar surface area (TPSA) is 129 Å². The number of ketones is 2. The second-order valence-corrected chi connectivity index (χ2v) is 10.6. The number of carbonyl (C=O) groups is 4. The van der Waals surface area contributed by atoms with Crippen molar-refractivity contribution in [2.45, 2.75) is 63.5 Å². The second-order valence-electron chi connectivity index (χ2n) is 10.6. The molecule has 3 fully saturated rings. The largest absolute Gasteiger partial charge is 0.496 e. The summed E-state index contributed by atoms with van der Waals surface area (Å²) in [6.45, 7) is -0.226. The van der Waals surface area contributed by atoms with Crippen LogP contribution in [0.4, 0.5) is 0 Å².